The van der Waals surface area contributed by atoms with E-state index < -0.39 is 0 Å². The molecule has 2 amide bonds. The molecule has 0 aromatic heterocycles. The molecule has 2 atom stereocenters. The first-order chi connectivity index (χ1) is 12.7. The number of amides is 2. The van der Waals surface area contributed by atoms with E-state index in [-0.39, 0.29) is 17.7 Å². The molecule has 1 aliphatic carbocycles. The van der Waals surface area contributed by atoms with Crippen molar-refractivity contribution in [2.75, 3.05) is 26.2 Å². The lowest BCUT2D eigenvalue weighted by atomic mass is 10.00. The lowest BCUT2D eigenvalue weighted by Gasteiger charge is -2.26. The van der Waals surface area contributed by atoms with Crippen LogP contribution in [0.3, 0.4) is 0 Å². The predicted octanol–water partition coefficient (Wildman–Crippen LogP) is 0.535. The third-order valence-corrected chi connectivity index (χ3v) is 6.38. The van der Waals surface area contributed by atoms with Gasteiger partial charge in [0.15, 0.2) is 0 Å². The second-order valence-electron chi connectivity index (χ2n) is 8.12. The Kier molecular flexibility index (Phi) is 5.25. The summed E-state index contributed by atoms with van der Waals surface area (Å²) in [5, 5.41) is 3.09. The quantitative estimate of drug-likeness (QED) is 0.809. The normalized spacial score (nSPS) is 26.2. The Morgan fingerprint density at radius 2 is 1.96 bits per heavy atom. The van der Waals surface area contributed by atoms with Gasteiger partial charge in [0, 0.05) is 31.0 Å². The zero-order valence-electron chi connectivity index (χ0n) is 15.5. The lowest BCUT2D eigenvalue weighted by Crippen LogP contribution is -3.12. The highest BCUT2D eigenvalue weighted by Crippen LogP contribution is 2.29. The maximum absolute atomic E-state index is 12.5. The van der Waals surface area contributed by atoms with Gasteiger partial charge in [-0.05, 0) is 18.4 Å². The van der Waals surface area contributed by atoms with Crippen LogP contribution in [0.1, 0.15) is 43.2 Å². The SMILES string of the molecule is O=C(NCC[NH+]1CCc2ccccc2C1)C1CC(=O)N(C2CCCC2)C1. The summed E-state index contributed by atoms with van der Waals surface area (Å²) in [7, 11) is 0. The van der Waals surface area contributed by atoms with E-state index in [0.29, 0.717) is 25.6 Å². The van der Waals surface area contributed by atoms with Crippen LogP contribution in [0, 0.1) is 5.92 Å². The van der Waals surface area contributed by atoms with E-state index in [2.05, 4.69) is 29.6 Å². The Morgan fingerprint density at radius 1 is 1.19 bits per heavy atom. The van der Waals surface area contributed by atoms with Crippen LogP contribution < -0.4 is 10.2 Å². The Morgan fingerprint density at radius 3 is 2.77 bits per heavy atom. The molecule has 4 rings (SSSR count). The highest BCUT2D eigenvalue weighted by atomic mass is 16.2. The van der Waals surface area contributed by atoms with Crippen LogP contribution in [0.25, 0.3) is 0 Å². The number of carbonyl (C=O) groups excluding carboxylic acids is 2. The van der Waals surface area contributed by atoms with Gasteiger partial charge in [0.25, 0.3) is 0 Å². The van der Waals surface area contributed by atoms with Crippen LogP contribution in [0.15, 0.2) is 24.3 Å². The first kappa shape index (κ1) is 17.5. The van der Waals surface area contributed by atoms with Gasteiger partial charge in [-0.25, -0.2) is 0 Å². The molecule has 2 heterocycles. The number of fused-ring (bicyclic) bond motifs is 1. The second kappa shape index (κ2) is 7.78. The molecule has 1 saturated carbocycles. The largest absolute Gasteiger partial charge is 0.350 e. The molecule has 1 aromatic carbocycles. The standard InChI is InChI=1S/C21H29N3O2/c25-20-13-18(15-24(20)19-7-3-4-8-19)21(26)22-10-12-23-11-9-16-5-1-2-6-17(16)14-23/h1-2,5-6,18-19H,3-4,7-15H2,(H,22,26)/p+1. The van der Waals surface area contributed by atoms with Crippen molar-refractivity contribution in [1.29, 1.82) is 0 Å². The minimum absolute atomic E-state index is 0.0654. The molecule has 0 bridgehead atoms. The van der Waals surface area contributed by atoms with Crippen molar-refractivity contribution in [2.24, 2.45) is 5.92 Å². The van der Waals surface area contributed by atoms with E-state index in [1.807, 2.05) is 4.90 Å². The molecule has 3 aliphatic rings. The molecule has 5 nitrogen and oxygen atoms in total. The van der Waals surface area contributed by atoms with Crippen molar-refractivity contribution < 1.29 is 14.5 Å². The van der Waals surface area contributed by atoms with Gasteiger partial charge in [0.05, 0.1) is 25.6 Å². The lowest BCUT2D eigenvalue weighted by molar-refractivity contribution is -0.914. The van der Waals surface area contributed by atoms with Crippen molar-refractivity contribution in [3.63, 3.8) is 0 Å². The summed E-state index contributed by atoms with van der Waals surface area (Å²) in [6.07, 6.45) is 6.17. The molecule has 2 N–H and O–H groups in total. The summed E-state index contributed by atoms with van der Waals surface area (Å²) in [6, 6.07) is 9.05. The molecular formula is C21H30N3O2+. The highest BCUT2D eigenvalue weighted by molar-refractivity contribution is 5.89. The van der Waals surface area contributed by atoms with Crippen molar-refractivity contribution >= 4 is 11.8 Å². The Labute approximate surface area is 155 Å². The van der Waals surface area contributed by atoms with Crippen molar-refractivity contribution in [3.05, 3.63) is 35.4 Å². The summed E-state index contributed by atoms with van der Waals surface area (Å²) in [5.74, 6) is 0.0890. The average molecular weight is 356 g/mol. The maximum atomic E-state index is 12.5. The Balaban J connectivity index is 1.22. The third kappa shape index (κ3) is 3.78. The van der Waals surface area contributed by atoms with E-state index in [9.17, 15) is 9.59 Å². The molecule has 1 aromatic rings. The molecule has 2 unspecified atom stereocenters. The monoisotopic (exact) mass is 356 g/mol. The molecule has 140 valence electrons. The number of hydrogen-bond acceptors (Lipinski definition) is 2. The van der Waals surface area contributed by atoms with Gasteiger partial charge < -0.3 is 15.1 Å². The summed E-state index contributed by atoms with van der Waals surface area (Å²) in [4.78, 5) is 28.3. The van der Waals surface area contributed by atoms with Gasteiger partial charge in [-0.15, -0.1) is 0 Å². The molecule has 2 aliphatic heterocycles. The Hall–Kier alpha value is -1.88. The number of carbonyl (C=O) groups is 2. The fourth-order valence-corrected chi connectivity index (χ4v) is 4.84. The van der Waals surface area contributed by atoms with E-state index in [0.717, 1.165) is 38.9 Å². The third-order valence-electron chi connectivity index (χ3n) is 6.38. The van der Waals surface area contributed by atoms with Crippen LogP contribution in [0.4, 0.5) is 0 Å². The first-order valence-electron chi connectivity index (χ1n) is 10.2. The zero-order chi connectivity index (χ0) is 17.9. The predicted molar refractivity (Wildman–Crippen MR) is 99.6 cm³/mol. The number of nitrogens with one attached hydrogen (secondary N) is 2. The number of quaternary nitrogens is 1. The maximum Gasteiger partial charge on any atom is 0.225 e. The fraction of sp³-hybridized carbons (Fsp3) is 0.619. The van der Waals surface area contributed by atoms with Crippen LogP contribution in [0.2, 0.25) is 0 Å². The van der Waals surface area contributed by atoms with Crippen molar-refractivity contribution in [1.82, 2.24) is 10.2 Å². The molecule has 1 saturated heterocycles. The summed E-state index contributed by atoms with van der Waals surface area (Å²) in [6.45, 7) is 4.45. The number of likely N-dealkylation sites (tertiary alicyclic amines) is 1. The van der Waals surface area contributed by atoms with E-state index in [1.165, 1.54) is 28.9 Å². The molecule has 2 fully saturated rings. The number of rotatable bonds is 5. The van der Waals surface area contributed by atoms with Gasteiger partial charge in [0.2, 0.25) is 11.8 Å². The minimum Gasteiger partial charge on any atom is -0.350 e. The molecular weight excluding hydrogens is 326 g/mol. The topological polar surface area (TPSA) is 53.9 Å². The average Bonchev–Trinajstić information content (AvgIpc) is 3.31. The number of nitrogens with zero attached hydrogens (tertiary/aromatic N) is 1. The van der Waals surface area contributed by atoms with Gasteiger partial charge >= 0.3 is 0 Å². The van der Waals surface area contributed by atoms with Gasteiger partial charge in [-0.3, -0.25) is 9.59 Å². The zero-order valence-corrected chi connectivity index (χ0v) is 15.5. The molecule has 26 heavy (non-hydrogen) atoms. The number of benzene rings is 1. The highest BCUT2D eigenvalue weighted by Gasteiger charge is 2.38. The van der Waals surface area contributed by atoms with Crippen LogP contribution >= 0.6 is 0 Å². The summed E-state index contributed by atoms with van der Waals surface area (Å²) in [5.41, 5.74) is 2.91. The molecule has 0 spiro atoms. The van der Waals surface area contributed by atoms with Crippen molar-refractivity contribution in [2.45, 2.75) is 51.1 Å². The van der Waals surface area contributed by atoms with E-state index in [4.69, 9.17) is 0 Å². The smallest absolute Gasteiger partial charge is 0.225 e. The van der Waals surface area contributed by atoms with Gasteiger partial charge in [-0.1, -0.05) is 37.1 Å². The van der Waals surface area contributed by atoms with Gasteiger partial charge in [0.1, 0.15) is 6.54 Å². The van der Waals surface area contributed by atoms with E-state index >= 15 is 0 Å². The summed E-state index contributed by atoms with van der Waals surface area (Å²) < 4.78 is 0. The minimum atomic E-state index is -0.153. The van der Waals surface area contributed by atoms with Gasteiger partial charge in [-0.2, -0.15) is 0 Å². The first-order valence-corrected chi connectivity index (χ1v) is 10.2. The second-order valence-corrected chi connectivity index (χ2v) is 8.12. The van der Waals surface area contributed by atoms with Crippen LogP contribution in [0.5, 0.6) is 0 Å². The van der Waals surface area contributed by atoms with Crippen LogP contribution in [-0.4, -0.2) is 48.9 Å². The fourth-order valence-electron chi connectivity index (χ4n) is 4.84. The van der Waals surface area contributed by atoms with Crippen molar-refractivity contribution in [3.8, 4) is 0 Å². The molecule has 0 radical (unpaired) electrons. The molecule has 5 heteroatoms. The Bertz CT molecular complexity index is 669. The number of hydrogen-bond donors (Lipinski definition) is 2. The van der Waals surface area contributed by atoms with E-state index in [1.54, 1.807) is 0 Å². The van der Waals surface area contributed by atoms with Crippen LogP contribution in [-0.2, 0) is 22.6 Å². The summed E-state index contributed by atoms with van der Waals surface area (Å²) >= 11 is 0.